The molecule has 0 unspecified atom stereocenters. The standard InChI is InChI=1S/C53H40N4/c1-3-13-35(14-4-1)50-54-51(36-23-25-47-43(31-36)41-18-9-10-21-46(41)57(47)39-15-5-2-6-16-39)56-52(55-50)42-19-11-20-44-49(42)48-40-17-8-7-12-34(40)22-24-45(48)53(44)37-27-32-26-33(29-37)30-38(53)28-32/h1-25,31-33,37-38H,26-30H2. The minimum atomic E-state index is 0.0360. The van der Waals surface area contributed by atoms with Gasteiger partial charge >= 0.3 is 0 Å². The van der Waals surface area contributed by atoms with Crippen molar-refractivity contribution in [3.05, 3.63) is 169 Å². The van der Waals surface area contributed by atoms with Crippen LogP contribution in [-0.4, -0.2) is 19.5 Å². The van der Waals surface area contributed by atoms with Crippen molar-refractivity contribution in [2.45, 2.75) is 37.5 Å². The van der Waals surface area contributed by atoms with E-state index >= 15 is 0 Å². The third-order valence-corrected chi connectivity index (χ3v) is 14.4. The molecule has 0 aliphatic heterocycles. The van der Waals surface area contributed by atoms with Gasteiger partial charge in [0.05, 0.1) is 11.0 Å². The third-order valence-electron chi connectivity index (χ3n) is 14.4. The molecule has 1 spiro atoms. The molecule has 7 aromatic carbocycles. The normalized spacial score (nSPS) is 22.8. The molecule has 14 rings (SSSR count). The number of nitrogens with zero attached hydrogens (tertiary/aromatic N) is 4. The van der Waals surface area contributed by atoms with Gasteiger partial charge in [0.15, 0.2) is 17.5 Å². The van der Waals surface area contributed by atoms with Crippen molar-refractivity contribution in [2.75, 3.05) is 0 Å². The number of hydrogen-bond acceptors (Lipinski definition) is 3. The molecule has 4 nitrogen and oxygen atoms in total. The molecule has 4 fully saturated rings. The van der Waals surface area contributed by atoms with Gasteiger partial charge in [0.1, 0.15) is 0 Å². The Labute approximate surface area is 331 Å². The minimum Gasteiger partial charge on any atom is -0.309 e. The van der Waals surface area contributed by atoms with Gasteiger partial charge in [0, 0.05) is 38.6 Å². The average molecular weight is 733 g/mol. The van der Waals surface area contributed by atoms with Crippen LogP contribution in [0.25, 0.3) is 83.6 Å². The van der Waals surface area contributed by atoms with E-state index in [0.717, 1.165) is 45.6 Å². The van der Waals surface area contributed by atoms with E-state index in [1.807, 2.05) is 0 Å². The molecule has 0 atom stereocenters. The first-order valence-corrected chi connectivity index (χ1v) is 20.8. The Morgan fingerprint density at radius 3 is 1.86 bits per heavy atom. The van der Waals surface area contributed by atoms with Gasteiger partial charge in [-0.2, -0.15) is 0 Å². The fourth-order valence-electron chi connectivity index (χ4n) is 12.5. The maximum atomic E-state index is 5.48. The van der Waals surface area contributed by atoms with Gasteiger partial charge in [-0.3, -0.25) is 0 Å². The molecule has 2 aromatic heterocycles. The van der Waals surface area contributed by atoms with E-state index in [4.69, 9.17) is 15.0 Å². The van der Waals surface area contributed by atoms with Gasteiger partial charge in [-0.1, -0.05) is 121 Å². The monoisotopic (exact) mass is 732 g/mol. The fourth-order valence-corrected chi connectivity index (χ4v) is 12.5. The summed E-state index contributed by atoms with van der Waals surface area (Å²) >= 11 is 0. The number of aromatic nitrogens is 4. The van der Waals surface area contributed by atoms with Gasteiger partial charge < -0.3 is 4.57 Å². The lowest BCUT2D eigenvalue weighted by Crippen LogP contribution is -2.55. The van der Waals surface area contributed by atoms with Crippen molar-refractivity contribution < 1.29 is 0 Å². The average Bonchev–Trinajstić information content (AvgIpc) is 3.76. The van der Waals surface area contributed by atoms with Gasteiger partial charge in [0.25, 0.3) is 0 Å². The predicted octanol–water partition coefficient (Wildman–Crippen LogP) is 12.8. The first kappa shape index (κ1) is 31.8. The first-order chi connectivity index (χ1) is 28.2. The van der Waals surface area contributed by atoms with Crippen LogP contribution in [0.4, 0.5) is 0 Å². The predicted molar refractivity (Wildman–Crippen MR) is 231 cm³/mol. The molecule has 2 heterocycles. The summed E-state index contributed by atoms with van der Waals surface area (Å²) in [5.74, 6) is 5.23. The Balaban J connectivity index is 1.06. The van der Waals surface area contributed by atoms with E-state index < -0.39 is 0 Å². The smallest absolute Gasteiger partial charge is 0.164 e. The molecule has 272 valence electrons. The van der Waals surface area contributed by atoms with Crippen LogP contribution >= 0.6 is 0 Å². The van der Waals surface area contributed by atoms with Crippen LogP contribution in [-0.2, 0) is 5.41 Å². The fraction of sp³-hybridized carbons (Fsp3) is 0.189. The maximum Gasteiger partial charge on any atom is 0.164 e. The molecule has 57 heavy (non-hydrogen) atoms. The highest BCUT2D eigenvalue weighted by Gasteiger charge is 2.62. The second-order valence-corrected chi connectivity index (χ2v) is 17.2. The molecule has 4 heteroatoms. The Morgan fingerprint density at radius 1 is 0.439 bits per heavy atom. The Morgan fingerprint density at radius 2 is 1.07 bits per heavy atom. The number of para-hydroxylation sites is 2. The number of hydrogen-bond donors (Lipinski definition) is 0. The SMILES string of the molecule is c1ccc(-c2nc(-c3ccc4c(c3)c3ccccc3n4-c3ccccc3)nc(-c3cccc4c3-c3c(ccc5ccccc35)C43C4CC5CC(C4)CC3C5)n2)cc1. The highest BCUT2D eigenvalue weighted by atomic mass is 15.0. The van der Waals surface area contributed by atoms with E-state index in [-0.39, 0.29) is 5.41 Å². The summed E-state index contributed by atoms with van der Waals surface area (Å²) in [7, 11) is 0. The zero-order valence-corrected chi connectivity index (χ0v) is 31.6. The molecule has 4 saturated carbocycles. The molecule has 4 bridgehead atoms. The third kappa shape index (κ3) is 4.41. The highest BCUT2D eigenvalue weighted by Crippen LogP contribution is 2.70. The molecule has 0 amide bonds. The molecule has 5 aliphatic carbocycles. The summed E-state index contributed by atoms with van der Waals surface area (Å²) in [4.78, 5) is 16.1. The summed E-state index contributed by atoms with van der Waals surface area (Å²) in [5, 5.41) is 5.02. The lowest BCUT2D eigenvalue weighted by molar-refractivity contribution is -0.0399. The minimum absolute atomic E-state index is 0.0360. The van der Waals surface area contributed by atoms with E-state index in [1.165, 1.54) is 75.9 Å². The van der Waals surface area contributed by atoms with Gasteiger partial charge in [-0.05, 0) is 125 Å². The van der Waals surface area contributed by atoms with Crippen LogP contribution in [0.15, 0.2) is 158 Å². The van der Waals surface area contributed by atoms with E-state index in [1.54, 1.807) is 5.56 Å². The quantitative estimate of drug-likeness (QED) is 0.181. The zero-order valence-electron chi connectivity index (χ0n) is 31.6. The Hall–Kier alpha value is -6.39. The topological polar surface area (TPSA) is 43.6 Å². The summed E-state index contributed by atoms with van der Waals surface area (Å²) < 4.78 is 2.36. The molecule has 5 aliphatic rings. The van der Waals surface area contributed by atoms with Gasteiger partial charge in [0.2, 0.25) is 0 Å². The second kappa shape index (κ2) is 11.8. The lowest BCUT2D eigenvalue weighted by Gasteiger charge is -2.61. The van der Waals surface area contributed by atoms with Crippen LogP contribution in [0.5, 0.6) is 0 Å². The van der Waals surface area contributed by atoms with Crippen molar-refractivity contribution in [2.24, 2.45) is 23.7 Å². The van der Waals surface area contributed by atoms with Crippen molar-refractivity contribution in [1.82, 2.24) is 19.5 Å². The van der Waals surface area contributed by atoms with Crippen LogP contribution in [0.3, 0.4) is 0 Å². The van der Waals surface area contributed by atoms with Crippen molar-refractivity contribution in [3.63, 3.8) is 0 Å². The lowest BCUT2D eigenvalue weighted by atomic mass is 9.43. The molecular weight excluding hydrogens is 693 g/mol. The van der Waals surface area contributed by atoms with Gasteiger partial charge in [-0.25, -0.2) is 15.0 Å². The zero-order chi connectivity index (χ0) is 37.2. The van der Waals surface area contributed by atoms with Crippen LogP contribution in [0.1, 0.15) is 43.2 Å². The Kier molecular flexibility index (Phi) is 6.59. The van der Waals surface area contributed by atoms with Crippen molar-refractivity contribution in [1.29, 1.82) is 0 Å². The van der Waals surface area contributed by atoms with Gasteiger partial charge in [-0.15, -0.1) is 0 Å². The van der Waals surface area contributed by atoms with E-state index in [9.17, 15) is 0 Å². The van der Waals surface area contributed by atoms with Crippen molar-refractivity contribution in [3.8, 4) is 51.0 Å². The second-order valence-electron chi connectivity index (χ2n) is 17.2. The molecular formula is C53H40N4. The van der Waals surface area contributed by atoms with E-state index in [2.05, 4.69) is 162 Å². The first-order valence-electron chi connectivity index (χ1n) is 20.8. The van der Waals surface area contributed by atoms with Crippen LogP contribution < -0.4 is 0 Å². The molecule has 9 aromatic rings. The summed E-state index contributed by atoms with van der Waals surface area (Å²) in [6.45, 7) is 0. The summed E-state index contributed by atoms with van der Waals surface area (Å²) in [5.41, 5.74) is 12.4. The molecule has 0 saturated heterocycles. The van der Waals surface area contributed by atoms with Crippen LogP contribution in [0, 0.1) is 23.7 Å². The van der Waals surface area contributed by atoms with Crippen molar-refractivity contribution >= 4 is 32.6 Å². The number of rotatable bonds is 4. The largest absolute Gasteiger partial charge is 0.309 e. The molecule has 0 radical (unpaired) electrons. The van der Waals surface area contributed by atoms with E-state index in [0.29, 0.717) is 23.5 Å². The number of benzene rings is 7. The highest BCUT2D eigenvalue weighted by molar-refractivity contribution is 6.10. The molecule has 0 N–H and O–H groups in total. The Bertz CT molecular complexity index is 3060. The summed E-state index contributed by atoms with van der Waals surface area (Å²) in [6, 6.07) is 57.4. The summed E-state index contributed by atoms with van der Waals surface area (Å²) in [6.07, 6.45) is 6.83. The van der Waals surface area contributed by atoms with Crippen LogP contribution in [0.2, 0.25) is 0 Å². The number of fused-ring (bicyclic) bond motifs is 8. The maximum absolute atomic E-state index is 5.48.